The van der Waals surface area contributed by atoms with Crippen LogP contribution in [-0.4, -0.2) is 109 Å². The zero-order valence-electron chi connectivity index (χ0n) is 19.1. The molecule has 35 heavy (non-hydrogen) atoms. The molecule has 3 aliphatic heterocycles. The van der Waals surface area contributed by atoms with Crippen LogP contribution in [-0.2, 0) is 14.4 Å². The first kappa shape index (κ1) is 42.0. The number of halogens is 6. The van der Waals surface area contributed by atoms with Gasteiger partial charge in [0, 0.05) is 69.7 Å². The van der Waals surface area contributed by atoms with Crippen molar-refractivity contribution in [2.75, 3.05) is 58.9 Å². The van der Waals surface area contributed by atoms with Gasteiger partial charge in [0.1, 0.15) is 0 Å². The van der Waals surface area contributed by atoms with E-state index in [4.69, 9.17) is 34.4 Å². The molecule has 3 saturated heterocycles. The van der Waals surface area contributed by atoms with Crippen molar-refractivity contribution >= 4 is 92.2 Å². The van der Waals surface area contributed by atoms with Crippen LogP contribution in [0.1, 0.15) is 0 Å². The van der Waals surface area contributed by atoms with E-state index < -0.39 is 29.0 Å². The van der Waals surface area contributed by atoms with Crippen LogP contribution in [0.4, 0.5) is 0 Å². The highest BCUT2D eigenvalue weighted by Crippen LogP contribution is 2.57. The molecule has 3 atom stereocenters. The van der Waals surface area contributed by atoms with Gasteiger partial charge in [-0.15, -0.1) is 74.4 Å². The number of rotatable bonds is 6. The van der Waals surface area contributed by atoms with E-state index in [1.54, 1.807) is 14.7 Å². The van der Waals surface area contributed by atoms with Crippen LogP contribution in [0.2, 0.25) is 0 Å². The van der Waals surface area contributed by atoms with Crippen molar-refractivity contribution in [3.8, 4) is 0 Å². The lowest BCUT2D eigenvalue weighted by molar-refractivity contribution is -0.135. The Hall–Kier alpha value is -0.0900. The van der Waals surface area contributed by atoms with Gasteiger partial charge in [0.15, 0.2) is 0 Å². The van der Waals surface area contributed by atoms with Crippen LogP contribution in [0.3, 0.4) is 0 Å². The second kappa shape index (κ2) is 16.0. The first-order valence-electron chi connectivity index (χ1n) is 9.87. The fourth-order valence-corrected chi connectivity index (χ4v) is 5.14. The normalized spacial score (nSPS) is 26.1. The predicted molar refractivity (Wildman–Crippen MR) is 149 cm³/mol. The quantitative estimate of drug-likeness (QED) is 0.175. The molecule has 12 N–H and O–H groups in total. The largest absolute Gasteiger partial charge is 0.340 e. The van der Waals surface area contributed by atoms with Gasteiger partial charge in [0.05, 0.1) is 18.1 Å². The minimum Gasteiger partial charge on any atom is -0.340 e. The Bertz CT molecular complexity index is 600. The number of hydrogen-bond donors (Lipinski definition) is 6. The third kappa shape index (κ3) is 7.27. The van der Waals surface area contributed by atoms with E-state index in [1.807, 2.05) is 0 Å². The summed E-state index contributed by atoms with van der Waals surface area (Å²) in [7, 11) is 0. The van der Waals surface area contributed by atoms with Gasteiger partial charge in [-0.2, -0.15) is 0 Å². The molecule has 18 heteroatoms. The molecule has 212 valence electrons. The van der Waals surface area contributed by atoms with Gasteiger partial charge in [0.25, 0.3) is 0 Å². The summed E-state index contributed by atoms with van der Waals surface area (Å²) >= 11 is 0. The SMILES string of the molecule is Cl.Cl.Cl.Cl.Cl.Cl.NCC(N)C(=O)N1CC23CN(C(=O)C(N)CN)CC2(C1)CN(C(=O)C(N)CN)C3. The summed E-state index contributed by atoms with van der Waals surface area (Å²) < 4.78 is 0. The fraction of sp³-hybridized carbons (Fsp3) is 0.824. The molecule has 3 rings (SSSR count). The molecule has 0 aromatic rings. The smallest absolute Gasteiger partial charge is 0.240 e. The summed E-state index contributed by atoms with van der Waals surface area (Å²) in [5, 5.41) is 0. The Morgan fingerprint density at radius 2 is 0.686 bits per heavy atom. The Morgan fingerprint density at radius 3 is 0.829 bits per heavy atom. The van der Waals surface area contributed by atoms with Crippen LogP contribution in [0.15, 0.2) is 0 Å². The van der Waals surface area contributed by atoms with E-state index in [9.17, 15) is 14.4 Å². The van der Waals surface area contributed by atoms with Crippen molar-refractivity contribution in [1.29, 1.82) is 0 Å². The van der Waals surface area contributed by atoms with Crippen LogP contribution in [0, 0.1) is 10.8 Å². The van der Waals surface area contributed by atoms with Gasteiger partial charge < -0.3 is 49.1 Å². The van der Waals surface area contributed by atoms with Gasteiger partial charge in [-0.1, -0.05) is 0 Å². The third-order valence-electron chi connectivity index (χ3n) is 6.73. The maximum Gasteiger partial charge on any atom is 0.240 e. The number of nitrogens with two attached hydrogens (primary N) is 6. The minimum absolute atomic E-state index is 0. The second-order valence-electron chi connectivity index (χ2n) is 8.67. The summed E-state index contributed by atoms with van der Waals surface area (Å²) in [6.45, 7) is 2.52. The maximum absolute atomic E-state index is 12.7. The number of hydrogen-bond acceptors (Lipinski definition) is 9. The van der Waals surface area contributed by atoms with Gasteiger partial charge in [-0.05, 0) is 0 Å². The number of nitrogens with zero attached hydrogens (tertiary/aromatic N) is 3. The van der Waals surface area contributed by atoms with Gasteiger partial charge >= 0.3 is 0 Å². The zero-order valence-corrected chi connectivity index (χ0v) is 24.0. The molecule has 0 aliphatic carbocycles. The van der Waals surface area contributed by atoms with Crippen LogP contribution in [0.25, 0.3) is 0 Å². The summed E-state index contributed by atoms with van der Waals surface area (Å²) in [5.41, 5.74) is 33.3. The molecule has 0 spiro atoms. The van der Waals surface area contributed by atoms with E-state index >= 15 is 0 Å². The average Bonchev–Trinajstić information content (AvgIpc) is 3.28. The molecular weight excluding hydrogens is 591 g/mol. The molecule has 0 bridgehead atoms. The van der Waals surface area contributed by atoms with Crippen molar-refractivity contribution in [3.05, 3.63) is 0 Å². The standard InChI is InChI=1S/C17H33N9O3.6ClH/c18-1-10(21)13(27)24-4-16-6-25(14(28)11(22)2-19)7-17(16,5-24)9-26(8-16)15(29)12(23)3-20;;;;;;/h10-12H,1-9,18-23H2;6*1H. The fourth-order valence-electron chi connectivity index (χ4n) is 5.14. The van der Waals surface area contributed by atoms with E-state index in [0.29, 0.717) is 39.3 Å². The molecular formula is C17H39Cl6N9O3. The lowest BCUT2D eigenvalue weighted by Gasteiger charge is -2.33. The Morgan fingerprint density at radius 1 is 0.514 bits per heavy atom. The summed E-state index contributed by atoms with van der Waals surface area (Å²) in [4.78, 5) is 43.1. The first-order chi connectivity index (χ1) is 13.6. The van der Waals surface area contributed by atoms with E-state index in [0.717, 1.165) is 0 Å². The molecule has 0 saturated carbocycles. The predicted octanol–water partition coefficient (Wildman–Crippen LogP) is -3.13. The third-order valence-corrected chi connectivity index (χ3v) is 6.73. The Kier molecular flexibility index (Phi) is 19.2. The molecule has 0 radical (unpaired) electrons. The van der Waals surface area contributed by atoms with Crippen molar-refractivity contribution < 1.29 is 14.4 Å². The molecule has 3 fully saturated rings. The highest BCUT2D eigenvalue weighted by Gasteiger charge is 2.69. The maximum atomic E-state index is 12.7. The van der Waals surface area contributed by atoms with Crippen molar-refractivity contribution in [2.24, 2.45) is 45.2 Å². The average molecular weight is 630 g/mol. The molecule has 0 aromatic heterocycles. The van der Waals surface area contributed by atoms with Gasteiger partial charge in [-0.25, -0.2) is 0 Å². The van der Waals surface area contributed by atoms with Crippen molar-refractivity contribution in [3.63, 3.8) is 0 Å². The van der Waals surface area contributed by atoms with Crippen molar-refractivity contribution in [1.82, 2.24) is 14.7 Å². The molecule has 0 aromatic carbocycles. The Labute approximate surface area is 242 Å². The lowest BCUT2D eigenvalue weighted by Crippen LogP contribution is -2.54. The number of amides is 3. The van der Waals surface area contributed by atoms with E-state index in [2.05, 4.69) is 0 Å². The number of likely N-dealkylation sites (tertiary alicyclic amines) is 3. The van der Waals surface area contributed by atoms with E-state index in [1.165, 1.54) is 0 Å². The molecule has 3 unspecified atom stereocenters. The summed E-state index contributed by atoms with van der Waals surface area (Å²) in [6.07, 6.45) is 0. The number of carbonyl (C=O) groups is 3. The molecule has 3 aliphatic rings. The highest BCUT2D eigenvalue weighted by molar-refractivity contribution is 5.87. The second-order valence-corrected chi connectivity index (χ2v) is 8.67. The molecule has 3 amide bonds. The first-order valence-corrected chi connectivity index (χ1v) is 9.87. The number of carbonyl (C=O) groups excluding carboxylic acids is 3. The zero-order chi connectivity index (χ0) is 21.6. The van der Waals surface area contributed by atoms with Crippen LogP contribution < -0.4 is 34.4 Å². The Balaban J connectivity index is -0.000000801. The lowest BCUT2D eigenvalue weighted by atomic mass is 9.71. The van der Waals surface area contributed by atoms with Crippen LogP contribution in [0.5, 0.6) is 0 Å². The van der Waals surface area contributed by atoms with Crippen LogP contribution >= 0.6 is 74.4 Å². The molecule has 3 heterocycles. The topological polar surface area (TPSA) is 217 Å². The van der Waals surface area contributed by atoms with E-state index in [-0.39, 0.29) is 112 Å². The molecule has 12 nitrogen and oxygen atoms in total. The highest BCUT2D eigenvalue weighted by atomic mass is 35.5. The summed E-state index contributed by atoms with van der Waals surface area (Å²) in [5.74, 6) is -0.637. The van der Waals surface area contributed by atoms with Gasteiger partial charge in [-0.3, -0.25) is 14.4 Å². The minimum atomic E-state index is -0.769. The monoisotopic (exact) mass is 627 g/mol. The summed E-state index contributed by atoms with van der Waals surface area (Å²) in [6, 6.07) is -2.31. The van der Waals surface area contributed by atoms with Gasteiger partial charge in [0.2, 0.25) is 17.7 Å². The van der Waals surface area contributed by atoms with Crippen molar-refractivity contribution in [2.45, 2.75) is 18.1 Å².